The smallest absolute Gasteiger partial charge is 0.123 e. The van der Waals surface area contributed by atoms with Crippen LogP contribution in [0.25, 0.3) is 0 Å². The summed E-state index contributed by atoms with van der Waals surface area (Å²) in [6.07, 6.45) is 2.41. The van der Waals surface area contributed by atoms with Crippen molar-refractivity contribution in [3.63, 3.8) is 0 Å². The lowest BCUT2D eigenvalue weighted by Crippen LogP contribution is -2.21. The molecule has 1 aromatic rings. The van der Waals surface area contributed by atoms with Crippen molar-refractivity contribution in [3.8, 4) is 0 Å². The second kappa shape index (κ2) is 4.38. The standard InChI is InChI=1S/C12H15FO/c1-3-12(2,9-14)8-10-4-6-11(13)7-5-10/h3-7,14H,1,8-9H2,2H3. The zero-order chi connectivity index (χ0) is 10.6. The molecular weight excluding hydrogens is 179 g/mol. The molecule has 1 atom stereocenters. The van der Waals surface area contributed by atoms with Crippen molar-refractivity contribution in [1.29, 1.82) is 0 Å². The maximum absolute atomic E-state index is 12.6. The van der Waals surface area contributed by atoms with E-state index in [-0.39, 0.29) is 17.8 Å². The molecule has 1 N–H and O–H groups in total. The first-order valence-electron chi connectivity index (χ1n) is 4.58. The van der Waals surface area contributed by atoms with Gasteiger partial charge in [-0.1, -0.05) is 25.1 Å². The van der Waals surface area contributed by atoms with E-state index in [1.165, 1.54) is 12.1 Å². The van der Waals surface area contributed by atoms with E-state index in [1.807, 2.05) is 6.92 Å². The highest BCUT2D eigenvalue weighted by atomic mass is 19.1. The first kappa shape index (κ1) is 10.9. The second-order valence-electron chi connectivity index (χ2n) is 3.82. The average Bonchev–Trinajstić information content (AvgIpc) is 2.21. The molecule has 2 heteroatoms. The van der Waals surface area contributed by atoms with Gasteiger partial charge in [0.15, 0.2) is 0 Å². The molecule has 1 rings (SSSR count). The number of halogens is 1. The molecule has 0 aliphatic carbocycles. The van der Waals surface area contributed by atoms with Gasteiger partial charge in [-0.2, -0.15) is 0 Å². The summed E-state index contributed by atoms with van der Waals surface area (Å²) >= 11 is 0. The molecule has 1 aromatic carbocycles. The van der Waals surface area contributed by atoms with Crippen LogP contribution in [-0.4, -0.2) is 11.7 Å². The van der Waals surface area contributed by atoms with Gasteiger partial charge in [-0.3, -0.25) is 0 Å². The number of benzene rings is 1. The Bertz CT molecular complexity index is 305. The predicted molar refractivity (Wildman–Crippen MR) is 55.5 cm³/mol. The Kier molecular flexibility index (Phi) is 3.42. The molecule has 76 valence electrons. The quantitative estimate of drug-likeness (QED) is 0.730. The lowest BCUT2D eigenvalue weighted by atomic mass is 9.85. The summed E-state index contributed by atoms with van der Waals surface area (Å²) in [5.74, 6) is -0.238. The maximum Gasteiger partial charge on any atom is 0.123 e. The van der Waals surface area contributed by atoms with Crippen molar-refractivity contribution in [2.24, 2.45) is 5.41 Å². The Labute approximate surface area is 83.9 Å². The van der Waals surface area contributed by atoms with E-state index in [1.54, 1.807) is 18.2 Å². The van der Waals surface area contributed by atoms with Crippen molar-refractivity contribution in [2.75, 3.05) is 6.61 Å². The molecule has 0 spiro atoms. The average molecular weight is 194 g/mol. The van der Waals surface area contributed by atoms with Crippen LogP contribution in [0.1, 0.15) is 12.5 Å². The first-order chi connectivity index (χ1) is 6.59. The van der Waals surface area contributed by atoms with Crippen LogP contribution in [0.2, 0.25) is 0 Å². The highest BCUT2D eigenvalue weighted by Crippen LogP contribution is 2.23. The van der Waals surface area contributed by atoms with Crippen LogP contribution in [0, 0.1) is 11.2 Å². The van der Waals surface area contributed by atoms with Crippen molar-refractivity contribution >= 4 is 0 Å². The summed E-state index contributed by atoms with van der Waals surface area (Å²) in [6, 6.07) is 6.31. The molecule has 0 saturated carbocycles. The van der Waals surface area contributed by atoms with Crippen LogP contribution < -0.4 is 0 Å². The number of hydrogen-bond acceptors (Lipinski definition) is 1. The van der Waals surface area contributed by atoms with Crippen LogP contribution in [-0.2, 0) is 6.42 Å². The Morgan fingerprint density at radius 3 is 2.43 bits per heavy atom. The van der Waals surface area contributed by atoms with E-state index in [9.17, 15) is 4.39 Å². The van der Waals surface area contributed by atoms with Crippen LogP contribution in [0.4, 0.5) is 4.39 Å². The molecule has 1 nitrogen and oxygen atoms in total. The van der Waals surface area contributed by atoms with Gasteiger partial charge in [0.05, 0.1) is 6.61 Å². The largest absolute Gasteiger partial charge is 0.395 e. The van der Waals surface area contributed by atoms with Crippen LogP contribution in [0.15, 0.2) is 36.9 Å². The molecule has 14 heavy (non-hydrogen) atoms. The summed E-state index contributed by atoms with van der Waals surface area (Å²) in [7, 11) is 0. The minimum Gasteiger partial charge on any atom is -0.395 e. The van der Waals surface area contributed by atoms with E-state index < -0.39 is 0 Å². The highest BCUT2D eigenvalue weighted by molar-refractivity contribution is 5.19. The van der Waals surface area contributed by atoms with Gasteiger partial charge in [0, 0.05) is 5.41 Å². The zero-order valence-electron chi connectivity index (χ0n) is 8.33. The fraction of sp³-hybridized carbons (Fsp3) is 0.333. The van der Waals surface area contributed by atoms with Gasteiger partial charge in [0.1, 0.15) is 5.82 Å². The van der Waals surface area contributed by atoms with Gasteiger partial charge in [-0.15, -0.1) is 6.58 Å². The molecular formula is C12H15FO. The van der Waals surface area contributed by atoms with Crippen LogP contribution in [0.3, 0.4) is 0 Å². The van der Waals surface area contributed by atoms with Crippen LogP contribution >= 0.6 is 0 Å². The number of aliphatic hydroxyl groups is 1. The van der Waals surface area contributed by atoms with E-state index in [0.29, 0.717) is 6.42 Å². The van der Waals surface area contributed by atoms with E-state index >= 15 is 0 Å². The number of rotatable bonds is 4. The van der Waals surface area contributed by atoms with Crippen molar-refractivity contribution < 1.29 is 9.50 Å². The lowest BCUT2D eigenvalue weighted by molar-refractivity contribution is 0.184. The maximum atomic E-state index is 12.6. The lowest BCUT2D eigenvalue weighted by Gasteiger charge is -2.22. The van der Waals surface area contributed by atoms with Gasteiger partial charge < -0.3 is 5.11 Å². The molecule has 0 heterocycles. The van der Waals surface area contributed by atoms with Gasteiger partial charge >= 0.3 is 0 Å². The number of hydrogen-bond donors (Lipinski definition) is 1. The van der Waals surface area contributed by atoms with Crippen molar-refractivity contribution in [2.45, 2.75) is 13.3 Å². The third-order valence-electron chi connectivity index (χ3n) is 2.38. The number of aliphatic hydroxyl groups excluding tert-OH is 1. The predicted octanol–water partition coefficient (Wildman–Crippen LogP) is 2.55. The molecule has 0 bridgehead atoms. The molecule has 1 unspecified atom stereocenters. The Morgan fingerprint density at radius 2 is 2.00 bits per heavy atom. The second-order valence-corrected chi connectivity index (χ2v) is 3.82. The monoisotopic (exact) mass is 194 g/mol. The first-order valence-corrected chi connectivity index (χ1v) is 4.58. The van der Waals surface area contributed by atoms with Gasteiger partial charge in [0.2, 0.25) is 0 Å². The summed E-state index contributed by atoms with van der Waals surface area (Å²) in [5.41, 5.74) is 0.681. The zero-order valence-corrected chi connectivity index (χ0v) is 8.33. The third-order valence-corrected chi connectivity index (χ3v) is 2.38. The molecule has 0 fully saturated rings. The molecule has 0 aromatic heterocycles. The fourth-order valence-corrected chi connectivity index (χ4v) is 1.26. The minimum atomic E-state index is -0.322. The van der Waals surface area contributed by atoms with Crippen molar-refractivity contribution in [3.05, 3.63) is 48.3 Å². The molecule has 0 radical (unpaired) electrons. The SMILES string of the molecule is C=CC(C)(CO)Cc1ccc(F)cc1. The fourth-order valence-electron chi connectivity index (χ4n) is 1.26. The molecule has 0 saturated heterocycles. The Morgan fingerprint density at radius 1 is 1.43 bits per heavy atom. The Balaban J connectivity index is 2.77. The topological polar surface area (TPSA) is 20.2 Å². The summed E-state index contributed by atoms with van der Waals surface area (Å²) < 4.78 is 12.6. The van der Waals surface area contributed by atoms with Crippen molar-refractivity contribution in [1.82, 2.24) is 0 Å². The summed E-state index contributed by atoms with van der Waals surface area (Å²) in [4.78, 5) is 0. The van der Waals surface area contributed by atoms with Gasteiger partial charge in [-0.05, 0) is 24.1 Å². The molecule has 0 aliphatic rings. The van der Waals surface area contributed by atoms with Gasteiger partial charge in [-0.25, -0.2) is 4.39 Å². The highest BCUT2D eigenvalue weighted by Gasteiger charge is 2.19. The molecule has 0 amide bonds. The summed E-state index contributed by atoms with van der Waals surface area (Å²) in [5, 5.41) is 9.16. The Hall–Kier alpha value is -1.15. The van der Waals surface area contributed by atoms with E-state index in [4.69, 9.17) is 5.11 Å². The van der Waals surface area contributed by atoms with E-state index in [2.05, 4.69) is 6.58 Å². The van der Waals surface area contributed by atoms with E-state index in [0.717, 1.165) is 5.56 Å². The third kappa shape index (κ3) is 2.67. The van der Waals surface area contributed by atoms with Gasteiger partial charge in [0.25, 0.3) is 0 Å². The molecule has 0 aliphatic heterocycles. The summed E-state index contributed by atoms with van der Waals surface area (Å²) in [6.45, 7) is 5.65. The minimum absolute atomic E-state index is 0.0495. The van der Waals surface area contributed by atoms with Crippen LogP contribution in [0.5, 0.6) is 0 Å². The normalized spacial score (nSPS) is 14.8.